The largest absolute Gasteiger partial charge is 0.468 e. The molecule has 6 heteroatoms. The number of ether oxygens (including phenoxy) is 2. The highest BCUT2D eigenvalue weighted by Gasteiger charge is 2.34. The van der Waals surface area contributed by atoms with Crippen molar-refractivity contribution in [1.82, 2.24) is 10.3 Å². The second-order valence-electron chi connectivity index (χ2n) is 8.46. The zero-order chi connectivity index (χ0) is 24.0. The molecule has 2 heterocycles. The van der Waals surface area contributed by atoms with Crippen molar-refractivity contribution in [3.63, 3.8) is 0 Å². The summed E-state index contributed by atoms with van der Waals surface area (Å²) in [7, 11) is -2.82. The van der Waals surface area contributed by atoms with Gasteiger partial charge in [-0.3, -0.25) is 10.1 Å². The Kier molecular flexibility index (Phi) is 4.22. The molecular weight excluding hydrogens is 380 g/mol. The summed E-state index contributed by atoms with van der Waals surface area (Å²) in [4.78, 5) is 28.4. The van der Waals surface area contributed by atoms with E-state index < -0.39 is 36.7 Å². The Labute approximate surface area is 179 Å². The van der Waals surface area contributed by atoms with Gasteiger partial charge in [-0.25, -0.2) is 4.79 Å². The summed E-state index contributed by atoms with van der Waals surface area (Å²) in [6, 6.07) is 13.4. The van der Waals surface area contributed by atoms with E-state index in [4.69, 9.17) is 8.85 Å². The third-order valence-corrected chi connectivity index (χ3v) is 5.18. The van der Waals surface area contributed by atoms with E-state index in [2.05, 4.69) is 15.0 Å². The lowest BCUT2D eigenvalue weighted by Crippen LogP contribution is -2.45. The summed E-state index contributed by atoms with van der Waals surface area (Å²) >= 11 is 0. The summed E-state index contributed by atoms with van der Waals surface area (Å²) in [6.45, 7) is 5.42. The molecule has 0 spiro atoms. The number of carbonyl (C=O) groups excluding carboxylic acids is 2. The molecule has 1 aliphatic rings. The predicted molar refractivity (Wildman–Crippen MR) is 114 cm³/mol. The Morgan fingerprint density at radius 1 is 1.10 bits per heavy atom. The number of benzene rings is 2. The molecule has 1 aromatic heterocycles. The Hall–Kier alpha value is -3.12. The Balaban J connectivity index is 1.69. The quantitative estimate of drug-likeness (QED) is 0.642. The van der Waals surface area contributed by atoms with Crippen molar-refractivity contribution in [1.29, 1.82) is 0 Å². The first-order chi connectivity index (χ1) is 15.4. The van der Waals surface area contributed by atoms with Crippen LogP contribution in [0.15, 0.2) is 48.5 Å². The average Bonchev–Trinajstić information content (AvgIpc) is 3.09. The Morgan fingerprint density at radius 3 is 2.53 bits per heavy atom. The van der Waals surface area contributed by atoms with Crippen LogP contribution >= 0.6 is 0 Å². The van der Waals surface area contributed by atoms with Gasteiger partial charge in [0, 0.05) is 23.0 Å². The van der Waals surface area contributed by atoms with Crippen molar-refractivity contribution in [2.24, 2.45) is 0 Å². The predicted octanol–water partition coefficient (Wildman–Crippen LogP) is 3.90. The van der Waals surface area contributed by atoms with Gasteiger partial charge in [-0.05, 0) is 50.1 Å². The SMILES string of the molecule is [2H]C([2H])([2H])OC(=O)[C@H]1Cc2c([nH]c3ccccc23)[C@H](c2ccc(C(=O)OC(C)(C)C)cc2)N1. The fourth-order valence-electron chi connectivity index (χ4n) is 3.87. The number of aromatic nitrogens is 1. The van der Waals surface area contributed by atoms with E-state index in [1.54, 1.807) is 45.0 Å². The molecule has 0 saturated carbocycles. The Bertz CT molecular complexity index is 1190. The molecule has 2 aromatic carbocycles. The van der Waals surface area contributed by atoms with Crippen LogP contribution in [0.1, 0.15) is 58.1 Å². The van der Waals surface area contributed by atoms with Gasteiger partial charge in [0.2, 0.25) is 0 Å². The van der Waals surface area contributed by atoms with Crippen LogP contribution in [0.5, 0.6) is 0 Å². The molecule has 1 aliphatic heterocycles. The van der Waals surface area contributed by atoms with Crippen LogP contribution in [0, 0.1) is 0 Å². The third kappa shape index (κ3) is 3.83. The van der Waals surface area contributed by atoms with Crippen molar-refractivity contribution in [2.45, 2.75) is 44.9 Å². The standard InChI is InChI=1S/C24H26N2O4/c1-24(2,3)30-22(27)15-11-9-14(10-12-15)20-21-17(13-19(26-20)23(28)29-4)16-7-5-6-8-18(16)25-21/h5-12,19-20,25-26H,13H2,1-4H3/t19-,20+/m1/s1/i4D3. The van der Waals surface area contributed by atoms with Crippen molar-refractivity contribution < 1.29 is 23.2 Å². The lowest BCUT2D eigenvalue weighted by molar-refractivity contribution is -0.143. The molecule has 0 amide bonds. The minimum atomic E-state index is -2.82. The molecule has 2 atom stereocenters. The van der Waals surface area contributed by atoms with Gasteiger partial charge in [0.1, 0.15) is 11.6 Å². The molecule has 30 heavy (non-hydrogen) atoms. The van der Waals surface area contributed by atoms with Crippen LogP contribution in [0.3, 0.4) is 0 Å². The summed E-state index contributed by atoms with van der Waals surface area (Å²) in [5.41, 5.74) is 3.36. The van der Waals surface area contributed by atoms with Crippen molar-refractivity contribution >= 4 is 22.8 Å². The number of methoxy groups -OCH3 is 1. The van der Waals surface area contributed by atoms with Crippen LogP contribution in [0.2, 0.25) is 0 Å². The Morgan fingerprint density at radius 2 is 1.83 bits per heavy atom. The third-order valence-electron chi connectivity index (χ3n) is 5.18. The average molecular weight is 410 g/mol. The molecule has 0 radical (unpaired) electrons. The van der Waals surface area contributed by atoms with Crippen molar-refractivity contribution in [3.05, 3.63) is 70.9 Å². The fourth-order valence-corrected chi connectivity index (χ4v) is 3.87. The minimum absolute atomic E-state index is 0.292. The van der Waals surface area contributed by atoms with Gasteiger partial charge in [-0.2, -0.15) is 0 Å². The maximum absolute atomic E-state index is 12.6. The molecule has 3 aromatic rings. The molecule has 0 saturated heterocycles. The van der Waals surface area contributed by atoms with E-state index in [0.717, 1.165) is 27.7 Å². The number of esters is 2. The van der Waals surface area contributed by atoms with Crippen LogP contribution < -0.4 is 5.32 Å². The molecule has 0 aliphatic carbocycles. The smallest absolute Gasteiger partial charge is 0.338 e. The first-order valence-electron chi connectivity index (χ1n) is 11.3. The second kappa shape index (κ2) is 7.61. The second-order valence-corrected chi connectivity index (χ2v) is 8.46. The first kappa shape index (κ1) is 16.7. The topological polar surface area (TPSA) is 80.4 Å². The number of carbonyl (C=O) groups is 2. The number of nitrogens with one attached hydrogen (secondary N) is 2. The van der Waals surface area contributed by atoms with Crippen LogP contribution in [-0.4, -0.2) is 35.6 Å². The highest BCUT2D eigenvalue weighted by molar-refractivity contribution is 5.90. The molecule has 0 fully saturated rings. The van der Waals surface area contributed by atoms with E-state index in [1.807, 2.05) is 24.3 Å². The molecular formula is C24H26N2O4. The van der Waals surface area contributed by atoms with Gasteiger partial charge in [-0.1, -0.05) is 30.3 Å². The lowest BCUT2D eigenvalue weighted by atomic mass is 9.90. The number of fused-ring (bicyclic) bond motifs is 3. The first-order valence-corrected chi connectivity index (χ1v) is 9.83. The van der Waals surface area contributed by atoms with Gasteiger partial charge in [0.05, 0.1) is 22.8 Å². The van der Waals surface area contributed by atoms with Gasteiger partial charge in [0.15, 0.2) is 0 Å². The highest BCUT2D eigenvalue weighted by atomic mass is 16.6. The van der Waals surface area contributed by atoms with E-state index in [-0.39, 0.29) is 0 Å². The minimum Gasteiger partial charge on any atom is -0.468 e. The van der Waals surface area contributed by atoms with Gasteiger partial charge < -0.3 is 14.5 Å². The van der Waals surface area contributed by atoms with Crippen molar-refractivity contribution in [3.8, 4) is 0 Å². The number of H-pyrrole nitrogens is 1. The number of para-hydroxylation sites is 1. The zero-order valence-corrected chi connectivity index (χ0v) is 17.1. The van der Waals surface area contributed by atoms with Crippen LogP contribution in [0.25, 0.3) is 10.9 Å². The van der Waals surface area contributed by atoms with E-state index in [9.17, 15) is 9.59 Å². The monoisotopic (exact) mass is 409 g/mol. The molecule has 156 valence electrons. The number of hydrogen-bond donors (Lipinski definition) is 2. The van der Waals surface area contributed by atoms with Crippen LogP contribution in [-0.2, 0) is 20.7 Å². The van der Waals surface area contributed by atoms with Gasteiger partial charge in [0.25, 0.3) is 0 Å². The fraction of sp³-hybridized carbons (Fsp3) is 0.333. The maximum Gasteiger partial charge on any atom is 0.338 e. The highest BCUT2D eigenvalue weighted by Crippen LogP contribution is 2.35. The summed E-state index contributed by atoms with van der Waals surface area (Å²) in [6.07, 6.45) is 0.292. The van der Waals surface area contributed by atoms with Gasteiger partial charge in [-0.15, -0.1) is 0 Å². The zero-order valence-electron chi connectivity index (χ0n) is 20.1. The molecule has 0 unspecified atom stereocenters. The van der Waals surface area contributed by atoms with E-state index in [0.29, 0.717) is 12.0 Å². The van der Waals surface area contributed by atoms with E-state index >= 15 is 0 Å². The lowest BCUT2D eigenvalue weighted by Gasteiger charge is -2.30. The normalized spacial score (nSPS) is 20.6. The summed E-state index contributed by atoms with van der Waals surface area (Å²) in [5.74, 6) is -1.25. The number of hydrogen-bond acceptors (Lipinski definition) is 5. The summed E-state index contributed by atoms with van der Waals surface area (Å²) in [5, 5.41) is 4.19. The van der Waals surface area contributed by atoms with E-state index in [1.165, 1.54) is 0 Å². The van der Waals surface area contributed by atoms with Crippen molar-refractivity contribution in [2.75, 3.05) is 7.04 Å². The molecule has 4 rings (SSSR count). The van der Waals surface area contributed by atoms with Gasteiger partial charge >= 0.3 is 11.9 Å². The number of rotatable bonds is 3. The summed E-state index contributed by atoms with van der Waals surface area (Å²) < 4.78 is 32.0. The molecule has 6 nitrogen and oxygen atoms in total. The maximum atomic E-state index is 12.6. The molecule has 0 bridgehead atoms. The van der Waals surface area contributed by atoms with Crippen LogP contribution in [0.4, 0.5) is 0 Å². The molecule has 2 N–H and O–H groups in total. The number of aromatic amines is 1.